The highest BCUT2D eigenvalue weighted by Crippen LogP contribution is 2.26. The van der Waals surface area contributed by atoms with Crippen LogP contribution in [0.1, 0.15) is 13.3 Å². The molecule has 5 nitrogen and oxygen atoms in total. The molecule has 1 aliphatic heterocycles. The minimum atomic E-state index is 0.657. The second-order valence-electron chi connectivity index (χ2n) is 6.18. The van der Waals surface area contributed by atoms with Gasteiger partial charge >= 0.3 is 0 Å². The molecule has 0 amide bonds. The van der Waals surface area contributed by atoms with Crippen LogP contribution in [0.15, 0.2) is 42.9 Å². The van der Waals surface area contributed by atoms with Crippen LogP contribution < -0.4 is 0 Å². The number of fused-ring (bicyclic) bond motifs is 1. The van der Waals surface area contributed by atoms with Gasteiger partial charge < -0.3 is 9.47 Å². The Hall–Kier alpha value is -2.27. The third kappa shape index (κ3) is 2.72. The lowest BCUT2D eigenvalue weighted by molar-refractivity contribution is 0.334. The van der Waals surface area contributed by atoms with Gasteiger partial charge in [-0.05, 0) is 49.7 Å². The van der Waals surface area contributed by atoms with E-state index in [2.05, 4.69) is 32.4 Å². The SMILES string of the molecule is CCN1CCC(Cn2c(-c3cccnc3)nc3cccnc32)C1. The van der Waals surface area contributed by atoms with E-state index in [-0.39, 0.29) is 0 Å². The summed E-state index contributed by atoms with van der Waals surface area (Å²) in [5.74, 6) is 1.63. The molecule has 1 aliphatic rings. The molecule has 1 unspecified atom stereocenters. The van der Waals surface area contributed by atoms with Crippen molar-refractivity contribution in [3.05, 3.63) is 42.9 Å². The van der Waals surface area contributed by atoms with Crippen molar-refractivity contribution in [1.29, 1.82) is 0 Å². The number of nitrogens with zero attached hydrogens (tertiary/aromatic N) is 5. The maximum atomic E-state index is 4.81. The monoisotopic (exact) mass is 307 g/mol. The van der Waals surface area contributed by atoms with Crippen molar-refractivity contribution in [2.45, 2.75) is 19.9 Å². The van der Waals surface area contributed by atoms with E-state index in [0.717, 1.165) is 42.2 Å². The fourth-order valence-corrected chi connectivity index (χ4v) is 3.45. The Labute approximate surface area is 136 Å². The molecule has 4 rings (SSSR count). The van der Waals surface area contributed by atoms with Gasteiger partial charge in [-0.2, -0.15) is 0 Å². The predicted molar refractivity (Wildman–Crippen MR) is 91.0 cm³/mol. The van der Waals surface area contributed by atoms with E-state index in [1.165, 1.54) is 13.0 Å². The van der Waals surface area contributed by atoms with Crippen molar-refractivity contribution < 1.29 is 0 Å². The Morgan fingerprint density at radius 2 is 2.13 bits per heavy atom. The molecule has 4 heterocycles. The lowest BCUT2D eigenvalue weighted by Gasteiger charge is -2.15. The summed E-state index contributed by atoms with van der Waals surface area (Å²) in [6.07, 6.45) is 6.77. The third-order valence-corrected chi connectivity index (χ3v) is 4.68. The van der Waals surface area contributed by atoms with Gasteiger partial charge in [-0.25, -0.2) is 9.97 Å². The van der Waals surface area contributed by atoms with Crippen LogP contribution in [0.25, 0.3) is 22.6 Å². The van der Waals surface area contributed by atoms with E-state index < -0.39 is 0 Å². The highest BCUT2D eigenvalue weighted by atomic mass is 15.2. The molecule has 3 aromatic rings. The number of rotatable bonds is 4. The molecule has 1 atom stereocenters. The quantitative estimate of drug-likeness (QED) is 0.743. The number of likely N-dealkylation sites (tertiary alicyclic amines) is 1. The van der Waals surface area contributed by atoms with Gasteiger partial charge in [0.2, 0.25) is 0 Å². The van der Waals surface area contributed by atoms with E-state index in [9.17, 15) is 0 Å². The zero-order chi connectivity index (χ0) is 15.6. The van der Waals surface area contributed by atoms with E-state index >= 15 is 0 Å². The first kappa shape index (κ1) is 14.3. The summed E-state index contributed by atoms with van der Waals surface area (Å²) in [5.41, 5.74) is 2.98. The standard InChI is InChI=1S/C18H21N5/c1-2-22-10-7-14(12-22)13-23-17(15-5-3-8-19-11-15)21-16-6-4-9-20-18(16)23/h3-6,8-9,11,14H,2,7,10,12-13H2,1H3. The van der Waals surface area contributed by atoms with Crippen LogP contribution in [0.4, 0.5) is 0 Å². The molecule has 1 saturated heterocycles. The molecular formula is C18H21N5. The number of pyridine rings is 2. The molecule has 23 heavy (non-hydrogen) atoms. The van der Waals surface area contributed by atoms with Gasteiger partial charge in [-0.3, -0.25) is 4.98 Å². The lowest BCUT2D eigenvalue weighted by Crippen LogP contribution is -2.21. The summed E-state index contributed by atoms with van der Waals surface area (Å²) < 4.78 is 2.27. The number of hydrogen-bond donors (Lipinski definition) is 0. The topological polar surface area (TPSA) is 46.8 Å². The van der Waals surface area contributed by atoms with Gasteiger partial charge in [0.25, 0.3) is 0 Å². The predicted octanol–water partition coefficient (Wildman–Crippen LogP) is 2.84. The summed E-state index contributed by atoms with van der Waals surface area (Å²) in [6.45, 7) is 6.69. The Morgan fingerprint density at radius 3 is 2.91 bits per heavy atom. The summed E-state index contributed by atoms with van der Waals surface area (Å²) >= 11 is 0. The number of imidazole rings is 1. The molecule has 0 N–H and O–H groups in total. The van der Waals surface area contributed by atoms with Crippen LogP contribution in [0.5, 0.6) is 0 Å². The van der Waals surface area contributed by atoms with Crippen molar-refractivity contribution in [2.75, 3.05) is 19.6 Å². The molecule has 3 aromatic heterocycles. The van der Waals surface area contributed by atoms with Crippen LogP contribution in [0.3, 0.4) is 0 Å². The number of aromatic nitrogens is 4. The van der Waals surface area contributed by atoms with Gasteiger partial charge in [0.15, 0.2) is 5.65 Å². The summed E-state index contributed by atoms with van der Waals surface area (Å²) in [6, 6.07) is 8.01. The Balaban J connectivity index is 1.74. The zero-order valence-electron chi connectivity index (χ0n) is 13.4. The van der Waals surface area contributed by atoms with E-state index in [0.29, 0.717) is 5.92 Å². The van der Waals surface area contributed by atoms with Gasteiger partial charge in [0.05, 0.1) is 0 Å². The zero-order valence-corrected chi connectivity index (χ0v) is 13.4. The molecule has 0 spiro atoms. The minimum Gasteiger partial charge on any atom is -0.308 e. The number of hydrogen-bond acceptors (Lipinski definition) is 4. The average molecular weight is 307 g/mol. The van der Waals surface area contributed by atoms with Gasteiger partial charge in [-0.1, -0.05) is 6.92 Å². The first-order valence-corrected chi connectivity index (χ1v) is 8.29. The van der Waals surface area contributed by atoms with Crippen LogP contribution in [-0.4, -0.2) is 44.1 Å². The van der Waals surface area contributed by atoms with Crippen molar-refractivity contribution in [3.8, 4) is 11.4 Å². The normalized spacial score (nSPS) is 18.7. The summed E-state index contributed by atoms with van der Waals surface area (Å²) in [7, 11) is 0. The maximum absolute atomic E-state index is 4.81. The molecule has 0 saturated carbocycles. The summed E-state index contributed by atoms with van der Waals surface area (Å²) in [4.78, 5) is 16.1. The largest absolute Gasteiger partial charge is 0.308 e. The molecule has 0 aromatic carbocycles. The van der Waals surface area contributed by atoms with Crippen LogP contribution in [0, 0.1) is 5.92 Å². The fourth-order valence-electron chi connectivity index (χ4n) is 3.45. The van der Waals surface area contributed by atoms with Crippen molar-refractivity contribution >= 4 is 11.2 Å². The second-order valence-corrected chi connectivity index (χ2v) is 6.18. The van der Waals surface area contributed by atoms with Gasteiger partial charge in [0, 0.05) is 37.2 Å². The molecule has 1 fully saturated rings. The first-order valence-electron chi connectivity index (χ1n) is 8.29. The summed E-state index contributed by atoms with van der Waals surface area (Å²) in [5, 5.41) is 0. The van der Waals surface area contributed by atoms with Crippen LogP contribution in [0.2, 0.25) is 0 Å². The Kier molecular flexibility index (Phi) is 3.79. The van der Waals surface area contributed by atoms with Crippen molar-refractivity contribution in [3.63, 3.8) is 0 Å². The lowest BCUT2D eigenvalue weighted by atomic mass is 10.1. The molecule has 118 valence electrons. The first-order chi connectivity index (χ1) is 11.3. The van der Waals surface area contributed by atoms with Gasteiger partial charge in [-0.15, -0.1) is 0 Å². The van der Waals surface area contributed by atoms with Crippen LogP contribution in [-0.2, 0) is 6.54 Å². The molecule has 0 radical (unpaired) electrons. The second kappa shape index (κ2) is 6.08. The molecule has 0 aliphatic carbocycles. The molecule has 0 bridgehead atoms. The van der Waals surface area contributed by atoms with Gasteiger partial charge in [0.1, 0.15) is 11.3 Å². The van der Waals surface area contributed by atoms with E-state index in [1.807, 2.05) is 30.6 Å². The smallest absolute Gasteiger partial charge is 0.160 e. The highest BCUT2D eigenvalue weighted by Gasteiger charge is 2.24. The molecular weight excluding hydrogens is 286 g/mol. The fraction of sp³-hybridized carbons (Fsp3) is 0.389. The van der Waals surface area contributed by atoms with Crippen molar-refractivity contribution in [2.24, 2.45) is 5.92 Å². The van der Waals surface area contributed by atoms with E-state index in [1.54, 1.807) is 6.20 Å². The molecule has 5 heteroatoms. The highest BCUT2D eigenvalue weighted by molar-refractivity contribution is 5.76. The van der Waals surface area contributed by atoms with Crippen LogP contribution >= 0.6 is 0 Å². The average Bonchev–Trinajstić information content (AvgIpc) is 3.21. The third-order valence-electron chi connectivity index (χ3n) is 4.68. The minimum absolute atomic E-state index is 0.657. The Morgan fingerprint density at radius 1 is 1.22 bits per heavy atom. The maximum Gasteiger partial charge on any atom is 0.160 e. The Bertz CT molecular complexity index is 796. The van der Waals surface area contributed by atoms with E-state index in [4.69, 9.17) is 4.98 Å². The van der Waals surface area contributed by atoms with Crippen molar-refractivity contribution in [1.82, 2.24) is 24.4 Å².